The Morgan fingerprint density at radius 3 is 2.14 bits per heavy atom. The Morgan fingerprint density at radius 1 is 0.771 bits per heavy atom. The van der Waals surface area contributed by atoms with Crippen molar-refractivity contribution in [3.05, 3.63) is 119 Å². The van der Waals surface area contributed by atoms with Crippen molar-refractivity contribution in [2.45, 2.75) is 0 Å². The lowest BCUT2D eigenvalue weighted by Gasteiger charge is -2.13. The highest BCUT2D eigenvalue weighted by atomic mass is 16.5. The molecular formula is C28H21N3O4. The van der Waals surface area contributed by atoms with Gasteiger partial charge in [-0.15, -0.1) is 0 Å². The molecule has 1 aromatic heterocycles. The highest BCUT2D eigenvalue weighted by Gasteiger charge is 2.19. The number of ether oxygens (including phenoxy) is 2. The van der Waals surface area contributed by atoms with Gasteiger partial charge in [0, 0.05) is 11.1 Å². The Labute approximate surface area is 201 Å². The molecule has 0 saturated heterocycles. The number of rotatable bonds is 6. The van der Waals surface area contributed by atoms with Crippen LogP contribution in [-0.2, 0) is 0 Å². The predicted octanol–water partition coefficient (Wildman–Crippen LogP) is 5.44. The average molecular weight is 463 g/mol. The second-order valence-electron chi connectivity index (χ2n) is 7.68. The van der Waals surface area contributed by atoms with E-state index in [1.54, 1.807) is 72.8 Å². The standard InChI is InChI=1S/C28H21N3O4/c1-34-25-14-8-7-13-24(25)31-28(33)23-12-6-5-11-22(23)26(30-31)27(32)29-19-15-17-21(18-16-19)35-20-9-3-2-4-10-20/h2-18H,1H3,(H,29,32). The molecule has 0 aliphatic rings. The molecule has 0 aliphatic carbocycles. The quantitative estimate of drug-likeness (QED) is 0.363. The second-order valence-corrected chi connectivity index (χ2v) is 7.68. The minimum absolute atomic E-state index is 0.121. The van der Waals surface area contributed by atoms with Gasteiger partial charge in [0.1, 0.15) is 22.9 Å². The number of para-hydroxylation sites is 3. The topological polar surface area (TPSA) is 82.5 Å². The number of fused-ring (bicyclic) bond motifs is 1. The fourth-order valence-corrected chi connectivity index (χ4v) is 3.75. The average Bonchev–Trinajstić information content (AvgIpc) is 2.91. The van der Waals surface area contributed by atoms with E-state index in [2.05, 4.69) is 10.4 Å². The number of methoxy groups -OCH3 is 1. The second kappa shape index (κ2) is 9.52. The number of nitrogens with one attached hydrogen (secondary N) is 1. The van der Waals surface area contributed by atoms with Crippen molar-refractivity contribution in [2.75, 3.05) is 12.4 Å². The summed E-state index contributed by atoms with van der Waals surface area (Å²) < 4.78 is 12.4. The van der Waals surface area contributed by atoms with Crippen LogP contribution in [0.4, 0.5) is 5.69 Å². The van der Waals surface area contributed by atoms with Gasteiger partial charge in [-0.3, -0.25) is 9.59 Å². The Balaban J connectivity index is 1.49. The number of anilines is 1. The van der Waals surface area contributed by atoms with E-state index in [4.69, 9.17) is 9.47 Å². The Bertz CT molecular complexity index is 1560. The highest BCUT2D eigenvalue weighted by molar-refractivity contribution is 6.11. The van der Waals surface area contributed by atoms with Crippen LogP contribution in [0.5, 0.6) is 17.2 Å². The number of carbonyl (C=O) groups is 1. The minimum atomic E-state index is -0.443. The molecule has 0 radical (unpaired) electrons. The third-order valence-electron chi connectivity index (χ3n) is 5.42. The number of carbonyl (C=O) groups excluding carboxylic acids is 1. The number of hydrogen-bond donors (Lipinski definition) is 1. The first-order chi connectivity index (χ1) is 17.1. The fourth-order valence-electron chi connectivity index (χ4n) is 3.75. The van der Waals surface area contributed by atoms with E-state index in [9.17, 15) is 9.59 Å². The van der Waals surface area contributed by atoms with Gasteiger partial charge in [0.15, 0.2) is 5.69 Å². The smallest absolute Gasteiger partial charge is 0.279 e. The zero-order chi connectivity index (χ0) is 24.2. The van der Waals surface area contributed by atoms with Crippen LogP contribution in [0.1, 0.15) is 10.5 Å². The fraction of sp³-hybridized carbons (Fsp3) is 0.0357. The van der Waals surface area contributed by atoms with Gasteiger partial charge in [0.05, 0.1) is 12.5 Å². The molecule has 0 bridgehead atoms. The molecule has 1 N–H and O–H groups in total. The van der Waals surface area contributed by atoms with Crippen molar-refractivity contribution < 1.29 is 14.3 Å². The molecule has 7 nitrogen and oxygen atoms in total. The Morgan fingerprint density at radius 2 is 1.40 bits per heavy atom. The predicted molar refractivity (Wildman–Crippen MR) is 135 cm³/mol. The first-order valence-corrected chi connectivity index (χ1v) is 10.9. The highest BCUT2D eigenvalue weighted by Crippen LogP contribution is 2.25. The minimum Gasteiger partial charge on any atom is -0.494 e. The van der Waals surface area contributed by atoms with Gasteiger partial charge >= 0.3 is 0 Å². The number of benzene rings is 4. The Kier molecular flexibility index (Phi) is 5.96. The van der Waals surface area contributed by atoms with Crippen LogP contribution in [0.2, 0.25) is 0 Å². The van der Waals surface area contributed by atoms with Gasteiger partial charge in [-0.25, -0.2) is 0 Å². The zero-order valence-corrected chi connectivity index (χ0v) is 18.8. The van der Waals surface area contributed by atoms with Crippen molar-refractivity contribution in [3.8, 4) is 22.9 Å². The van der Waals surface area contributed by atoms with Gasteiger partial charge in [0.2, 0.25) is 0 Å². The van der Waals surface area contributed by atoms with E-state index >= 15 is 0 Å². The molecule has 5 rings (SSSR count). The third kappa shape index (κ3) is 4.47. The van der Waals surface area contributed by atoms with Gasteiger partial charge in [0.25, 0.3) is 11.5 Å². The lowest BCUT2D eigenvalue weighted by Crippen LogP contribution is -2.26. The monoisotopic (exact) mass is 463 g/mol. The van der Waals surface area contributed by atoms with Crippen molar-refractivity contribution >= 4 is 22.4 Å². The van der Waals surface area contributed by atoms with Crippen LogP contribution in [0.3, 0.4) is 0 Å². The van der Waals surface area contributed by atoms with Crippen LogP contribution in [0.25, 0.3) is 16.5 Å². The van der Waals surface area contributed by atoms with Crippen molar-refractivity contribution in [1.29, 1.82) is 0 Å². The van der Waals surface area contributed by atoms with Crippen molar-refractivity contribution in [1.82, 2.24) is 9.78 Å². The molecular weight excluding hydrogens is 442 g/mol. The number of nitrogens with zero attached hydrogens (tertiary/aromatic N) is 2. The molecule has 0 spiro atoms. The number of aromatic nitrogens is 2. The van der Waals surface area contributed by atoms with E-state index in [0.717, 1.165) is 5.75 Å². The molecule has 172 valence electrons. The van der Waals surface area contributed by atoms with Crippen LogP contribution in [0, 0.1) is 0 Å². The molecule has 0 unspecified atom stereocenters. The molecule has 1 amide bonds. The Hall–Kier alpha value is -4.91. The van der Waals surface area contributed by atoms with E-state index in [1.807, 2.05) is 30.3 Å². The number of hydrogen-bond acceptors (Lipinski definition) is 5. The summed E-state index contributed by atoms with van der Waals surface area (Å²) in [6.45, 7) is 0. The molecule has 0 aliphatic heterocycles. The molecule has 0 fully saturated rings. The maximum absolute atomic E-state index is 13.3. The molecule has 7 heteroatoms. The first kappa shape index (κ1) is 21.9. The van der Waals surface area contributed by atoms with Crippen molar-refractivity contribution in [2.24, 2.45) is 0 Å². The van der Waals surface area contributed by atoms with E-state index < -0.39 is 5.91 Å². The van der Waals surface area contributed by atoms with Crippen LogP contribution in [-0.4, -0.2) is 22.8 Å². The lowest BCUT2D eigenvalue weighted by molar-refractivity contribution is 0.102. The largest absolute Gasteiger partial charge is 0.494 e. The summed E-state index contributed by atoms with van der Waals surface area (Å²) >= 11 is 0. The molecule has 0 atom stereocenters. The molecule has 35 heavy (non-hydrogen) atoms. The summed E-state index contributed by atoms with van der Waals surface area (Å²) in [6.07, 6.45) is 0. The summed E-state index contributed by atoms with van der Waals surface area (Å²) in [4.78, 5) is 26.5. The van der Waals surface area contributed by atoms with Gasteiger partial charge in [-0.1, -0.05) is 48.5 Å². The van der Waals surface area contributed by atoms with Crippen LogP contribution < -0.4 is 20.3 Å². The summed E-state index contributed by atoms with van der Waals surface area (Å²) in [7, 11) is 1.52. The number of amides is 1. The van der Waals surface area contributed by atoms with E-state index in [-0.39, 0.29) is 11.3 Å². The summed E-state index contributed by atoms with van der Waals surface area (Å²) in [5.74, 6) is 1.39. The maximum atomic E-state index is 13.3. The normalized spacial score (nSPS) is 10.7. The SMILES string of the molecule is COc1ccccc1-n1nc(C(=O)Nc2ccc(Oc3ccccc3)cc2)c2ccccc2c1=O. The summed E-state index contributed by atoms with van der Waals surface area (Å²) in [5, 5.41) is 8.14. The lowest BCUT2D eigenvalue weighted by atomic mass is 10.1. The van der Waals surface area contributed by atoms with E-state index in [1.165, 1.54) is 11.8 Å². The van der Waals surface area contributed by atoms with Gasteiger partial charge in [-0.05, 0) is 54.6 Å². The first-order valence-electron chi connectivity index (χ1n) is 10.9. The summed E-state index contributed by atoms with van der Waals surface area (Å²) in [6, 6.07) is 30.4. The maximum Gasteiger partial charge on any atom is 0.279 e. The van der Waals surface area contributed by atoms with Crippen LogP contribution >= 0.6 is 0 Å². The van der Waals surface area contributed by atoms with Crippen molar-refractivity contribution in [3.63, 3.8) is 0 Å². The molecule has 1 heterocycles. The molecule has 4 aromatic carbocycles. The van der Waals surface area contributed by atoms with Crippen LogP contribution in [0.15, 0.2) is 108 Å². The zero-order valence-electron chi connectivity index (χ0n) is 18.8. The van der Waals surface area contributed by atoms with Gasteiger partial charge in [-0.2, -0.15) is 9.78 Å². The summed E-state index contributed by atoms with van der Waals surface area (Å²) in [5.41, 5.74) is 0.790. The third-order valence-corrected chi connectivity index (χ3v) is 5.42. The molecule has 0 saturated carbocycles. The molecule has 5 aromatic rings. The van der Waals surface area contributed by atoms with Gasteiger partial charge < -0.3 is 14.8 Å². The van der Waals surface area contributed by atoms with E-state index in [0.29, 0.717) is 33.6 Å².